The highest BCUT2D eigenvalue weighted by Gasteiger charge is 2.22. The minimum atomic E-state index is -0.730. The predicted octanol–water partition coefficient (Wildman–Crippen LogP) is -0.261. The lowest BCUT2D eigenvalue weighted by Gasteiger charge is -2.15. The van der Waals surface area contributed by atoms with E-state index in [0.717, 1.165) is 0 Å². The first-order valence-electron chi connectivity index (χ1n) is 6.07. The van der Waals surface area contributed by atoms with Gasteiger partial charge in [-0.3, -0.25) is 14.8 Å². The quantitative estimate of drug-likeness (QED) is 0.465. The van der Waals surface area contributed by atoms with Crippen molar-refractivity contribution in [1.29, 1.82) is 0 Å². The molecular formula is C11H20N4O4. The van der Waals surface area contributed by atoms with Gasteiger partial charge in [-0.1, -0.05) is 0 Å². The van der Waals surface area contributed by atoms with Crippen LogP contribution in [-0.4, -0.2) is 50.2 Å². The van der Waals surface area contributed by atoms with E-state index in [2.05, 4.69) is 10.4 Å². The van der Waals surface area contributed by atoms with E-state index in [1.165, 1.54) is 4.68 Å². The van der Waals surface area contributed by atoms with Crippen LogP contribution in [0.5, 0.6) is 0 Å². The number of aryl methyl sites for hydroxylation is 1. The second kappa shape index (κ2) is 6.60. The van der Waals surface area contributed by atoms with Crippen LogP contribution in [0.25, 0.3) is 0 Å². The SMILES string of the molecule is Cc1nn(CC(O)CNC(C)CO)c(C)c1[N+](=O)[O-]. The van der Waals surface area contributed by atoms with Crippen LogP contribution in [0, 0.1) is 24.0 Å². The molecule has 0 bridgehead atoms. The van der Waals surface area contributed by atoms with Gasteiger partial charge in [-0.2, -0.15) is 5.10 Å². The molecule has 0 aliphatic carbocycles. The molecule has 8 heteroatoms. The molecule has 2 unspecified atom stereocenters. The molecule has 108 valence electrons. The van der Waals surface area contributed by atoms with Crippen LogP contribution >= 0.6 is 0 Å². The highest BCUT2D eigenvalue weighted by Crippen LogP contribution is 2.21. The summed E-state index contributed by atoms with van der Waals surface area (Å²) in [6.07, 6.45) is -0.730. The number of nitro groups is 1. The Balaban J connectivity index is 2.67. The van der Waals surface area contributed by atoms with E-state index < -0.39 is 11.0 Å². The van der Waals surface area contributed by atoms with Gasteiger partial charge in [-0.15, -0.1) is 0 Å². The summed E-state index contributed by atoms with van der Waals surface area (Å²) in [7, 11) is 0. The van der Waals surface area contributed by atoms with Crippen molar-refractivity contribution in [2.24, 2.45) is 0 Å². The zero-order valence-corrected chi connectivity index (χ0v) is 11.3. The second-order valence-electron chi connectivity index (χ2n) is 4.60. The third kappa shape index (κ3) is 3.98. The Morgan fingerprint density at radius 1 is 1.53 bits per heavy atom. The van der Waals surface area contributed by atoms with E-state index in [0.29, 0.717) is 11.4 Å². The Kier molecular flexibility index (Phi) is 5.40. The third-order valence-corrected chi connectivity index (χ3v) is 2.89. The number of nitrogens with one attached hydrogen (secondary N) is 1. The zero-order valence-electron chi connectivity index (χ0n) is 11.3. The number of aliphatic hydroxyl groups is 2. The van der Waals surface area contributed by atoms with Gasteiger partial charge < -0.3 is 15.5 Å². The molecule has 0 aliphatic heterocycles. The van der Waals surface area contributed by atoms with Crippen LogP contribution in [-0.2, 0) is 6.54 Å². The molecule has 0 saturated carbocycles. The van der Waals surface area contributed by atoms with Gasteiger partial charge >= 0.3 is 5.69 Å². The average Bonchev–Trinajstić information content (AvgIpc) is 2.61. The first-order chi connectivity index (χ1) is 8.86. The first kappa shape index (κ1) is 15.5. The van der Waals surface area contributed by atoms with Gasteiger partial charge in [0.05, 0.1) is 24.2 Å². The minimum absolute atomic E-state index is 0.0103. The molecule has 0 fully saturated rings. The van der Waals surface area contributed by atoms with E-state index in [4.69, 9.17) is 5.11 Å². The van der Waals surface area contributed by atoms with Crippen molar-refractivity contribution in [3.63, 3.8) is 0 Å². The summed E-state index contributed by atoms with van der Waals surface area (Å²) in [5.74, 6) is 0. The second-order valence-corrected chi connectivity index (χ2v) is 4.60. The van der Waals surface area contributed by atoms with Gasteiger partial charge in [-0.05, 0) is 20.8 Å². The number of hydrogen-bond acceptors (Lipinski definition) is 6. The molecule has 2 atom stereocenters. The van der Waals surface area contributed by atoms with Crippen molar-refractivity contribution in [3.05, 3.63) is 21.5 Å². The topological polar surface area (TPSA) is 113 Å². The maximum atomic E-state index is 10.8. The highest BCUT2D eigenvalue weighted by molar-refractivity contribution is 5.39. The molecule has 3 N–H and O–H groups in total. The largest absolute Gasteiger partial charge is 0.395 e. The lowest BCUT2D eigenvalue weighted by Crippen LogP contribution is -2.37. The van der Waals surface area contributed by atoms with E-state index in [1.54, 1.807) is 20.8 Å². The standard InChI is InChI=1S/C11H20N4O4/c1-7(6-16)12-4-10(17)5-14-9(3)11(15(18)19)8(2)13-14/h7,10,12,16-17H,4-6H2,1-3H3. The Hall–Kier alpha value is -1.51. The van der Waals surface area contributed by atoms with Gasteiger partial charge in [0.25, 0.3) is 0 Å². The summed E-state index contributed by atoms with van der Waals surface area (Å²) in [5, 5.41) is 36.5. The van der Waals surface area contributed by atoms with Gasteiger partial charge in [0, 0.05) is 12.6 Å². The van der Waals surface area contributed by atoms with Crippen molar-refractivity contribution in [2.75, 3.05) is 13.2 Å². The van der Waals surface area contributed by atoms with E-state index in [1.807, 2.05) is 0 Å². The molecular weight excluding hydrogens is 252 g/mol. The zero-order chi connectivity index (χ0) is 14.6. The fourth-order valence-corrected chi connectivity index (χ4v) is 1.80. The fraction of sp³-hybridized carbons (Fsp3) is 0.727. The molecule has 0 saturated heterocycles. The highest BCUT2D eigenvalue weighted by atomic mass is 16.6. The minimum Gasteiger partial charge on any atom is -0.395 e. The van der Waals surface area contributed by atoms with E-state index in [-0.39, 0.29) is 31.4 Å². The van der Waals surface area contributed by atoms with Crippen molar-refractivity contribution in [2.45, 2.75) is 39.5 Å². The summed E-state index contributed by atoms with van der Waals surface area (Å²) in [6, 6.07) is -0.107. The summed E-state index contributed by atoms with van der Waals surface area (Å²) < 4.78 is 1.43. The molecule has 0 aliphatic rings. The molecule has 0 spiro atoms. The smallest absolute Gasteiger partial charge is 0.312 e. The molecule has 0 aromatic carbocycles. The van der Waals surface area contributed by atoms with E-state index in [9.17, 15) is 15.2 Å². The molecule has 1 aromatic heterocycles. The first-order valence-corrected chi connectivity index (χ1v) is 6.07. The Labute approximate surface area is 111 Å². The lowest BCUT2D eigenvalue weighted by molar-refractivity contribution is -0.386. The van der Waals surface area contributed by atoms with Gasteiger partial charge in [0.15, 0.2) is 0 Å². The fourth-order valence-electron chi connectivity index (χ4n) is 1.80. The van der Waals surface area contributed by atoms with Crippen molar-refractivity contribution < 1.29 is 15.1 Å². The van der Waals surface area contributed by atoms with Crippen LogP contribution in [0.15, 0.2) is 0 Å². The number of rotatable bonds is 7. The summed E-state index contributed by atoms with van der Waals surface area (Å²) >= 11 is 0. The maximum Gasteiger partial charge on any atom is 0.312 e. The van der Waals surface area contributed by atoms with Crippen LogP contribution in [0.2, 0.25) is 0 Å². The van der Waals surface area contributed by atoms with Crippen molar-refractivity contribution >= 4 is 5.69 Å². The van der Waals surface area contributed by atoms with Crippen molar-refractivity contribution in [3.8, 4) is 0 Å². The molecule has 1 aromatic rings. The monoisotopic (exact) mass is 272 g/mol. The average molecular weight is 272 g/mol. The molecule has 0 radical (unpaired) electrons. The third-order valence-electron chi connectivity index (χ3n) is 2.89. The van der Waals surface area contributed by atoms with Gasteiger partial charge in [0.1, 0.15) is 11.4 Å². The Morgan fingerprint density at radius 2 is 2.16 bits per heavy atom. The Bertz CT molecular complexity index is 446. The lowest BCUT2D eigenvalue weighted by atomic mass is 10.3. The molecule has 1 heterocycles. The molecule has 19 heavy (non-hydrogen) atoms. The number of aliphatic hydroxyl groups excluding tert-OH is 2. The van der Waals surface area contributed by atoms with Crippen LogP contribution in [0.3, 0.4) is 0 Å². The van der Waals surface area contributed by atoms with E-state index >= 15 is 0 Å². The molecule has 8 nitrogen and oxygen atoms in total. The predicted molar refractivity (Wildman–Crippen MR) is 68.9 cm³/mol. The molecule has 1 rings (SSSR count). The van der Waals surface area contributed by atoms with Crippen LogP contribution in [0.1, 0.15) is 18.3 Å². The summed E-state index contributed by atoms with van der Waals surface area (Å²) in [4.78, 5) is 10.4. The summed E-state index contributed by atoms with van der Waals surface area (Å²) in [5.41, 5.74) is 0.757. The van der Waals surface area contributed by atoms with Gasteiger partial charge in [-0.25, -0.2) is 0 Å². The normalized spacial score (nSPS) is 14.4. The number of aromatic nitrogens is 2. The van der Waals surface area contributed by atoms with Crippen LogP contribution in [0.4, 0.5) is 5.69 Å². The maximum absolute atomic E-state index is 10.8. The molecule has 0 amide bonds. The number of nitrogens with zero attached hydrogens (tertiary/aromatic N) is 3. The van der Waals surface area contributed by atoms with Crippen molar-refractivity contribution in [1.82, 2.24) is 15.1 Å². The summed E-state index contributed by atoms with van der Waals surface area (Å²) in [6.45, 7) is 5.41. The Morgan fingerprint density at radius 3 is 2.63 bits per heavy atom. The van der Waals surface area contributed by atoms with Gasteiger partial charge in [0.2, 0.25) is 0 Å². The number of hydrogen-bond donors (Lipinski definition) is 3. The van der Waals surface area contributed by atoms with Crippen LogP contribution < -0.4 is 5.32 Å².